The van der Waals surface area contributed by atoms with Gasteiger partial charge < -0.3 is 25.0 Å². The molecule has 0 atom stereocenters. The van der Waals surface area contributed by atoms with Crippen LogP contribution in [0.2, 0.25) is 0 Å². The molecule has 39 heavy (non-hydrogen) atoms. The normalized spacial score (nSPS) is 14.2. The zero-order valence-corrected chi connectivity index (χ0v) is 23.6. The molecule has 0 unspecified atom stereocenters. The quantitative estimate of drug-likeness (QED) is 0.453. The number of hydrogen-bond acceptors (Lipinski definition) is 7. The number of amides is 2. The number of methoxy groups -OCH3 is 1. The molecule has 0 aliphatic carbocycles. The second kappa shape index (κ2) is 11.9. The zero-order valence-electron chi connectivity index (χ0n) is 23.6. The Balaban J connectivity index is 1.76. The molecule has 1 saturated heterocycles. The second-order valence-electron chi connectivity index (χ2n) is 10.3. The number of piperazine rings is 1. The van der Waals surface area contributed by atoms with Crippen molar-refractivity contribution < 1.29 is 19.4 Å². The summed E-state index contributed by atoms with van der Waals surface area (Å²) in [6, 6.07) is 10.4. The van der Waals surface area contributed by atoms with E-state index in [1.165, 1.54) is 0 Å². The number of nitrogens with zero attached hydrogens (tertiary/aromatic N) is 5. The van der Waals surface area contributed by atoms with E-state index in [9.17, 15) is 14.7 Å². The van der Waals surface area contributed by atoms with Gasteiger partial charge in [0.1, 0.15) is 11.5 Å². The summed E-state index contributed by atoms with van der Waals surface area (Å²) in [5.74, 6) is 0.535. The SMILES string of the molecule is CCN1CCN(C(=O)c2ccc(-n3c(C(=O)NC(C)C)nnc3-c3ccc(OC)c(C(C)C)c3O)cc2)CC1. The average Bonchev–Trinajstić information content (AvgIpc) is 3.37. The van der Waals surface area contributed by atoms with E-state index < -0.39 is 5.91 Å². The monoisotopic (exact) mass is 534 g/mol. The third-order valence-electron chi connectivity index (χ3n) is 6.98. The van der Waals surface area contributed by atoms with Gasteiger partial charge in [0.2, 0.25) is 5.82 Å². The van der Waals surface area contributed by atoms with E-state index in [0.29, 0.717) is 47.0 Å². The van der Waals surface area contributed by atoms with Crippen LogP contribution in [0.25, 0.3) is 17.1 Å². The first-order chi connectivity index (χ1) is 18.7. The summed E-state index contributed by atoms with van der Waals surface area (Å²) in [6.45, 7) is 13.9. The number of rotatable bonds is 8. The fourth-order valence-electron chi connectivity index (χ4n) is 4.89. The second-order valence-corrected chi connectivity index (χ2v) is 10.3. The summed E-state index contributed by atoms with van der Waals surface area (Å²) in [4.78, 5) is 30.4. The van der Waals surface area contributed by atoms with Crippen molar-refractivity contribution in [3.8, 4) is 28.6 Å². The summed E-state index contributed by atoms with van der Waals surface area (Å²) in [5, 5.41) is 22.7. The van der Waals surface area contributed by atoms with Crippen LogP contribution in [0.15, 0.2) is 36.4 Å². The topological polar surface area (TPSA) is 113 Å². The number of ether oxygens (including phenoxy) is 1. The van der Waals surface area contributed by atoms with E-state index in [2.05, 4.69) is 27.3 Å². The van der Waals surface area contributed by atoms with Crippen LogP contribution in [0.4, 0.5) is 0 Å². The van der Waals surface area contributed by atoms with Crippen LogP contribution in [0.5, 0.6) is 11.5 Å². The minimum absolute atomic E-state index is 0.0200. The van der Waals surface area contributed by atoms with Gasteiger partial charge in [-0.05, 0) is 62.7 Å². The Labute approximate surface area is 229 Å². The highest BCUT2D eigenvalue weighted by atomic mass is 16.5. The van der Waals surface area contributed by atoms with Crippen LogP contribution < -0.4 is 10.1 Å². The Morgan fingerprint density at radius 1 is 1.00 bits per heavy atom. The number of benzene rings is 2. The van der Waals surface area contributed by atoms with Crippen LogP contribution in [-0.4, -0.2) is 87.4 Å². The number of nitrogens with one attached hydrogen (secondary N) is 1. The first kappa shape index (κ1) is 28.1. The van der Waals surface area contributed by atoms with Gasteiger partial charge >= 0.3 is 0 Å². The molecule has 1 aromatic heterocycles. The van der Waals surface area contributed by atoms with Crippen molar-refractivity contribution in [2.45, 2.75) is 46.6 Å². The van der Waals surface area contributed by atoms with Crippen LogP contribution in [0.1, 0.15) is 67.1 Å². The van der Waals surface area contributed by atoms with Crippen molar-refractivity contribution in [1.29, 1.82) is 0 Å². The van der Waals surface area contributed by atoms with Gasteiger partial charge in [-0.1, -0.05) is 20.8 Å². The van der Waals surface area contributed by atoms with E-state index in [-0.39, 0.29) is 29.4 Å². The molecule has 208 valence electrons. The summed E-state index contributed by atoms with van der Waals surface area (Å²) < 4.78 is 7.08. The molecule has 0 bridgehead atoms. The minimum Gasteiger partial charge on any atom is -0.507 e. The van der Waals surface area contributed by atoms with Crippen LogP contribution in [0.3, 0.4) is 0 Å². The van der Waals surface area contributed by atoms with Crippen LogP contribution in [0, 0.1) is 0 Å². The molecule has 3 aromatic rings. The molecular formula is C29H38N6O4. The highest BCUT2D eigenvalue weighted by Gasteiger charge is 2.27. The highest BCUT2D eigenvalue weighted by molar-refractivity contribution is 5.95. The molecule has 2 amide bonds. The smallest absolute Gasteiger partial charge is 0.289 e. The van der Waals surface area contributed by atoms with Crippen molar-refractivity contribution in [2.24, 2.45) is 0 Å². The maximum Gasteiger partial charge on any atom is 0.289 e. The van der Waals surface area contributed by atoms with Gasteiger partial charge in [0.15, 0.2) is 5.82 Å². The van der Waals surface area contributed by atoms with Crippen molar-refractivity contribution in [3.05, 3.63) is 53.3 Å². The Morgan fingerprint density at radius 3 is 2.23 bits per heavy atom. The maximum absolute atomic E-state index is 13.2. The number of phenols is 1. The zero-order chi connectivity index (χ0) is 28.3. The number of aromatic hydroxyl groups is 1. The Morgan fingerprint density at radius 2 is 1.67 bits per heavy atom. The third-order valence-corrected chi connectivity index (χ3v) is 6.98. The number of phenolic OH excluding ortho intramolecular Hbond substituents is 1. The van der Waals surface area contributed by atoms with Gasteiger partial charge in [0.25, 0.3) is 11.8 Å². The van der Waals surface area contributed by atoms with Gasteiger partial charge in [0, 0.05) is 49.0 Å². The summed E-state index contributed by atoms with van der Waals surface area (Å²) in [7, 11) is 1.56. The summed E-state index contributed by atoms with van der Waals surface area (Å²) in [6.07, 6.45) is 0. The fourth-order valence-corrected chi connectivity index (χ4v) is 4.89. The molecule has 2 N–H and O–H groups in total. The standard InChI is InChI=1S/C29H38N6O4/c1-7-33-14-16-34(17-15-33)29(38)20-8-10-21(11-9-20)35-26(31-32-27(35)28(37)30-19(4)5)22-12-13-23(39-6)24(18(2)3)25(22)36/h8-13,18-19,36H,7,14-17H2,1-6H3,(H,30,37). The summed E-state index contributed by atoms with van der Waals surface area (Å²) >= 11 is 0. The van der Waals surface area contributed by atoms with Crippen LogP contribution in [-0.2, 0) is 0 Å². The molecule has 1 aliphatic heterocycles. The summed E-state index contributed by atoms with van der Waals surface area (Å²) in [5.41, 5.74) is 2.23. The third kappa shape index (κ3) is 5.75. The molecule has 1 aliphatic rings. The average molecular weight is 535 g/mol. The Hall–Kier alpha value is -3.92. The van der Waals surface area contributed by atoms with Crippen molar-refractivity contribution >= 4 is 11.8 Å². The molecule has 10 nitrogen and oxygen atoms in total. The molecule has 4 rings (SSSR count). The molecule has 10 heteroatoms. The molecule has 0 radical (unpaired) electrons. The molecule has 2 aromatic carbocycles. The molecule has 0 saturated carbocycles. The molecule has 0 spiro atoms. The number of carbonyl (C=O) groups excluding carboxylic acids is 2. The Kier molecular flexibility index (Phi) is 8.54. The minimum atomic E-state index is -0.394. The van der Waals surface area contributed by atoms with Crippen molar-refractivity contribution in [2.75, 3.05) is 39.8 Å². The largest absolute Gasteiger partial charge is 0.507 e. The van der Waals surface area contributed by atoms with Crippen molar-refractivity contribution in [1.82, 2.24) is 29.9 Å². The Bertz CT molecular complexity index is 1320. The molecule has 2 heterocycles. The lowest BCUT2D eigenvalue weighted by atomic mass is 9.97. The van der Waals surface area contributed by atoms with E-state index in [1.54, 1.807) is 48.1 Å². The van der Waals surface area contributed by atoms with E-state index in [0.717, 1.165) is 19.6 Å². The first-order valence-corrected chi connectivity index (χ1v) is 13.4. The predicted molar refractivity (Wildman–Crippen MR) is 150 cm³/mol. The predicted octanol–water partition coefficient (Wildman–Crippen LogP) is 3.69. The maximum atomic E-state index is 13.2. The van der Waals surface area contributed by atoms with Gasteiger partial charge in [-0.25, -0.2) is 0 Å². The lowest BCUT2D eigenvalue weighted by Crippen LogP contribution is -2.48. The lowest BCUT2D eigenvalue weighted by molar-refractivity contribution is 0.0643. The first-order valence-electron chi connectivity index (χ1n) is 13.4. The fraction of sp³-hybridized carbons (Fsp3) is 0.448. The van der Waals surface area contributed by atoms with Crippen LogP contribution >= 0.6 is 0 Å². The van der Waals surface area contributed by atoms with Gasteiger partial charge in [-0.2, -0.15) is 0 Å². The van der Waals surface area contributed by atoms with Gasteiger partial charge in [0.05, 0.1) is 12.7 Å². The number of aromatic nitrogens is 3. The molecule has 1 fully saturated rings. The lowest BCUT2D eigenvalue weighted by Gasteiger charge is -2.34. The number of carbonyl (C=O) groups is 2. The number of hydrogen-bond donors (Lipinski definition) is 2. The van der Waals surface area contributed by atoms with E-state index >= 15 is 0 Å². The number of likely N-dealkylation sites (N-methyl/N-ethyl adjacent to an activating group) is 1. The van der Waals surface area contributed by atoms with Gasteiger partial charge in [-0.15, -0.1) is 10.2 Å². The van der Waals surface area contributed by atoms with Gasteiger partial charge in [-0.3, -0.25) is 14.2 Å². The van der Waals surface area contributed by atoms with E-state index in [1.807, 2.05) is 32.6 Å². The van der Waals surface area contributed by atoms with E-state index in [4.69, 9.17) is 4.74 Å². The highest BCUT2D eigenvalue weighted by Crippen LogP contribution is 2.41. The van der Waals surface area contributed by atoms with Crippen molar-refractivity contribution in [3.63, 3.8) is 0 Å². The molecular weight excluding hydrogens is 496 g/mol.